The molecule has 1 fully saturated rings. The SMILES string of the molecule is NC1CCC(OCCNc2ncnc3nc[nH]c23)CC1. The van der Waals surface area contributed by atoms with Gasteiger partial charge in [-0.15, -0.1) is 0 Å². The Hall–Kier alpha value is -1.73. The molecule has 1 aliphatic carbocycles. The van der Waals surface area contributed by atoms with Crippen molar-refractivity contribution in [2.24, 2.45) is 5.73 Å². The van der Waals surface area contributed by atoms with Crippen molar-refractivity contribution in [3.63, 3.8) is 0 Å². The van der Waals surface area contributed by atoms with Gasteiger partial charge in [-0.25, -0.2) is 15.0 Å². The zero-order valence-corrected chi connectivity index (χ0v) is 11.4. The Morgan fingerprint density at radius 2 is 2.10 bits per heavy atom. The molecule has 0 spiro atoms. The molecule has 108 valence electrons. The van der Waals surface area contributed by atoms with Crippen LogP contribution >= 0.6 is 0 Å². The van der Waals surface area contributed by atoms with Crippen LogP contribution in [-0.4, -0.2) is 45.2 Å². The van der Waals surface area contributed by atoms with Crippen molar-refractivity contribution >= 4 is 17.0 Å². The summed E-state index contributed by atoms with van der Waals surface area (Å²) in [6.45, 7) is 1.38. The summed E-state index contributed by atoms with van der Waals surface area (Å²) in [5.41, 5.74) is 7.38. The number of ether oxygens (including phenoxy) is 1. The second kappa shape index (κ2) is 6.15. The molecule has 20 heavy (non-hydrogen) atoms. The number of aromatic amines is 1. The number of anilines is 1. The van der Waals surface area contributed by atoms with Crippen molar-refractivity contribution in [1.29, 1.82) is 0 Å². The highest BCUT2D eigenvalue weighted by Gasteiger charge is 2.18. The van der Waals surface area contributed by atoms with Gasteiger partial charge >= 0.3 is 0 Å². The van der Waals surface area contributed by atoms with E-state index in [0.29, 0.717) is 30.9 Å². The van der Waals surface area contributed by atoms with Gasteiger partial charge in [0.15, 0.2) is 11.5 Å². The second-order valence-corrected chi connectivity index (χ2v) is 5.16. The lowest BCUT2D eigenvalue weighted by Crippen LogP contribution is -2.31. The van der Waals surface area contributed by atoms with Crippen LogP contribution in [0.2, 0.25) is 0 Å². The Morgan fingerprint density at radius 1 is 1.25 bits per heavy atom. The Bertz CT molecular complexity index is 549. The number of imidazole rings is 1. The molecule has 2 aromatic rings. The fourth-order valence-electron chi connectivity index (χ4n) is 2.55. The van der Waals surface area contributed by atoms with E-state index in [4.69, 9.17) is 10.5 Å². The first-order valence-electron chi connectivity index (χ1n) is 7.08. The fraction of sp³-hybridized carbons (Fsp3) is 0.615. The fourth-order valence-corrected chi connectivity index (χ4v) is 2.55. The molecule has 7 nitrogen and oxygen atoms in total. The average molecular weight is 276 g/mol. The third-order valence-corrected chi connectivity index (χ3v) is 3.69. The van der Waals surface area contributed by atoms with Crippen LogP contribution in [0.5, 0.6) is 0 Å². The van der Waals surface area contributed by atoms with Crippen LogP contribution in [0.3, 0.4) is 0 Å². The smallest absolute Gasteiger partial charge is 0.182 e. The molecule has 0 unspecified atom stereocenters. The van der Waals surface area contributed by atoms with Crippen molar-refractivity contribution in [2.75, 3.05) is 18.5 Å². The number of aromatic nitrogens is 4. The third kappa shape index (κ3) is 3.05. The van der Waals surface area contributed by atoms with Gasteiger partial charge in [-0.3, -0.25) is 0 Å². The topological polar surface area (TPSA) is 102 Å². The number of fused-ring (bicyclic) bond motifs is 1. The molecular formula is C13H20N6O. The molecule has 0 saturated heterocycles. The monoisotopic (exact) mass is 276 g/mol. The molecule has 1 aliphatic rings. The van der Waals surface area contributed by atoms with Crippen molar-refractivity contribution in [3.8, 4) is 0 Å². The average Bonchev–Trinajstić information content (AvgIpc) is 2.94. The molecule has 3 rings (SSSR count). The summed E-state index contributed by atoms with van der Waals surface area (Å²) in [7, 11) is 0. The molecule has 0 atom stereocenters. The van der Waals surface area contributed by atoms with Gasteiger partial charge in [-0.2, -0.15) is 0 Å². The summed E-state index contributed by atoms with van der Waals surface area (Å²) in [5, 5.41) is 3.25. The first-order chi connectivity index (χ1) is 9.83. The van der Waals surface area contributed by atoms with E-state index < -0.39 is 0 Å². The summed E-state index contributed by atoms with van der Waals surface area (Å²) < 4.78 is 5.86. The van der Waals surface area contributed by atoms with E-state index in [2.05, 4.69) is 25.3 Å². The van der Waals surface area contributed by atoms with E-state index in [1.165, 1.54) is 6.33 Å². The van der Waals surface area contributed by atoms with Crippen LogP contribution in [0.15, 0.2) is 12.7 Å². The van der Waals surface area contributed by atoms with E-state index in [0.717, 1.165) is 37.0 Å². The van der Waals surface area contributed by atoms with Crippen molar-refractivity contribution < 1.29 is 4.74 Å². The van der Waals surface area contributed by atoms with E-state index in [1.54, 1.807) is 6.33 Å². The third-order valence-electron chi connectivity index (χ3n) is 3.69. The largest absolute Gasteiger partial charge is 0.376 e. The summed E-state index contributed by atoms with van der Waals surface area (Å²) in [5.74, 6) is 0.766. The molecule has 2 heterocycles. The van der Waals surface area contributed by atoms with Crippen LogP contribution in [0.25, 0.3) is 11.2 Å². The van der Waals surface area contributed by atoms with Crippen LogP contribution in [0.4, 0.5) is 5.82 Å². The van der Waals surface area contributed by atoms with Gasteiger partial charge in [0.05, 0.1) is 19.0 Å². The summed E-state index contributed by atoms with van der Waals surface area (Å²) in [6.07, 6.45) is 7.76. The van der Waals surface area contributed by atoms with Crippen LogP contribution in [0, 0.1) is 0 Å². The van der Waals surface area contributed by atoms with E-state index >= 15 is 0 Å². The molecule has 7 heteroatoms. The van der Waals surface area contributed by atoms with E-state index in [-0.39, 0.29) is 0 Å². The Morgan fingerprint density at radius 3 is 2.95 bits per heavy atom. The van der Waals surface area contributed by atoms with Crippen molar-refractivity contribution in [2.45, 2.75) is 37.8 Å². The van der Waals surface area contributed by atoms with Gasteiger partial charge in [0.2, 0.25) is 0 Å². The molecule has 2 aromatic heterocycles. The van der Waals surface area contributed by atoms with Gasteiger partial charge in [0.25, 0.3) is 0 Å². The van der Waals surface area contributed by atoms with Crippen LogP contribution in [-0.2, 0) is 4.74 Å². The lowest BCUT2D eigenvalue weighted by molar-refractivity contribution is 0.0313. The highest BCUT2D eigenvalue weighted by atomic mass is 16.5. The highest BCUT2D eigenvalue weighted by molar-refractivity contribution is 5.81. The van der Waals surface area contributed by atoms with Gasteiger partial charge < -0.3 is 20.8 Å². The predicted molar refractivity (Wildman–Crippen MR) is 76.4 cm³/mol. The van der Waals surface area contributed by atoms with Crippen molar-refractivity contribution in [3.05, 3.63) is 12.7 Å². The number of rotatable bonds is 5. The van der Waals surface area contributed by atoms with Crippen LogP contribution in [0.1, 0.15) is 25.7 Å². The molecule has 0 amide bonds. The van der Waals surface area contributed by atoms with E-state index in [1.807, 2.05) is 0 Å². The number of nitrogens with two attached hydrogens (primary N) is 1. The number of hydrogen-bond donors (Lipinski definition) is 3. The maximum atomic E-state index is 5.88. The number of H-pyrrole nitrogens is 1. The molecule has 1 saturated carbocycles. The number of nitrogens with zero attached hydrogens (tertiary/aromatic N) is 3. The highest BCUT2D eigenvalue weighted by Crippen LogP contribution is 2.19. The molecule has 0 aromatic carbocycles. The molecule has 0 aliphatic heterocycles. The maximum absolute atomic E-state index is 5.88. The lowest BCUT2D eigenvalue weighted by Gasteiger charge is -2.26. The Labute approximate surface area is 117 Å². The lowest BCUT2D eigenvalue weighted by atomic mass is 9.94. The minimum atomic E-state index is 0.356. The Kier molecular flexibility index (Phi) is 4.08. The second-order valence-electron chi connectivity index (χ2n) is 5.16. The standard InChI is InChI=1S/C13H20N6O/c14-9-1-3-10(4-2-9)20-6-5-15-12-11-13(17-7-16-11)19-8-18-12/h7-10H,1-6,14H2,(H2,15,16,17,18,19). The van der Waals surface area contributed by atoms with E-state index in [9.17, 15) is 0 Å². The number of hydrogen-bond acceptors (Lipinski definition) is 6. The predicted octanol–water partition coefficient (Wildman–Crippen LogP) is 1.05. The zero-order valence-electron chi connectivity index (χ0n) is 11.4. The van der Waals surface area contributed by atoms with Gasteiger partial charge in [-0.05, 0) is 25.7 Å². The normalized spacial score (nSPS) is 23.1. The molecule has 4 N–H and O–H groups in total. The summed E-state index contributed by atoms with van der Waals surface area (Å²) in [4.78, 5) is 15.4. The molecule has 0 radical (unpaired) electrons. The Balaban J connectivity index is 1.45. The molecular weight excluding hydrogens is 256 g/mol. The quantitative estimate of drug-likeness (QED) is 0.706. The van der Waals surface area contributed by atoms with Crippen LogP contribution < -0.4 is 11.1 Å². The maximum Gasteiger partial charge on any atom is 0.182 e. The molecule has 0 bridgehead atoms. The number of nitrogens with one attached hydrogen (secondary N) is 2. The first-order valence-corrected chi connectivity index (χ1v) is 7.08. The van der Waals surface area contributed by atoms with Gasteiger partial charge in [-0.1, -0.05) is 0 Å². The minimum Gasteiger partial charge on any atom is -0.376 e. The first kappa shape index (κ1) is 13.3. The van der Waals surface area contributed by atoms with Gasteiger partial charge in [0, 0.05) is 12.6 Å². The summed E-state index contributed by atoms with van der Waals surface area (Å²) >= 11 is 0. The summed E-state index contributed by atoms with van der Waals surface area (Å²) in [6, 6.07) is 0.364. The van der Waals surface area contributed by atoms with Gasteiger partial charge in [0.1, 0.15) is 11.8 Å². The zero-order chi connectivity index (χ0) is 13.8. The van der Waals surface area contributed by atoms with Crippen molar-refractivity contribution in [1.82, 2.24) is 19.9 Å². The minimum absolute atomic E-state index is 0.356.